The molecule has 0 unspecified atom stereocenters. The number of ether oxygens (including phenoxy) is 2. The number of benzene rings is 2. The topological polar surface area (TPSA) is 77.7 Å². The Balaban J connectivity index is 1.43. The first-order valence-electron chi connectivity index (χ1n) is 13.6. The first-order chi connectivity index (χ1) is 18.7. The number of amides is 1. The largest absolute Gasteiger partial charge is 0.435 e. The molecular formula is C30H37F2N3O4. The highest BCUT2D eigenvalue weighted by Gasteiger charge is 2.27. The van der Waals surface area contributed by atoms with Crippen molar-refractivity contribution in [3.8, 4) is 16.9 Å². The third-order valence-electron chi connectivity index (χ3n) is 6.80. The van der Waals surface area contributed by atoms with Crippen molar-refractivity contribution in [3.63, 3.8) is 0 Å². The maximum absolute atomic E-state index is 13.6. The highest BCUT2D eigenvalue weighted by molar-refractivity contribution is 5.95. The predicted molar refractivity (Wildman–Crippen MR) is 145 cm³/mol. The summed E-state index contributed by atoms with van der Waals surface area (Å²) in [5.41, 5.74) is 2.40. The van der Waals surface area contributed by atoms with E-state index < -0.39 is 6.61 Å². The number of hydrogen-bond donors (Lipinski definition) is 0. The van der Waals surface area contributed by atoms with Gasteiger partial charge in [-0.2, -0.15) is 13.8 Å². The lowest BCUT2D eigenvalue weighted by Crippen LogP contribution is -2.39. The fourth-order valence-corrected chi connectivity index (χ4v) is 4.60. The van der Waals surface area contributed by atoms with Gasteiger partial charge in [-0.1, -0.05) is 56.6 Å². The van der Waals surface area contributed by atoms with Crippen molar-refractivity contribution < 1.29 is 27.6 Å². The van der Waals surface area contributed by atoms with Crippen LogP contribution in [0.4, 0.5) is 14.5 Å². The molecule has 1 amide bonds. The molecule has 0 saturated carbocycles. The van der Waals surface area contributed by atoms with Gasteiger partial charge >= 0.3 is 6.61 Å². The molecule has 1 aliphatic heterocycles. The number of unbranched alkanes of at least 4 members (excludes halogenated alkanes) is 2. The minimum absolute atomic E-state index is 0.0664. The van der Waals surface area contributed by atoms with Crippen LogP contribution < -0.4 is 9.64 Å². The second kappa shape index (κ2) is 13.2. The van der Waals surface area contributed by atoms with Gasteiger partial charge in [-0.3, -0.25) is 4.79 Å². The number of carbonyl (C=O) groups is 1. The Kier molecular flexibility index (Phi) is 9.67. The lowest BCUT2D eigenvalue weighted by atomic mass is 9.97. The molecular weight excluding hydrogens is 504 g/mol. The molecule has 0 radical (unpaired) electrons. The third-order valence-corrected chi connectivity index (χ3v) is 6.80. The van der Waals surface area contributed by atoms with E-state index in [1.807, 2.05) is 49.9 Å². The van der Waals surface area contributed by atoms with Gasteiger partial charge in [0.25, 0.3) is 0 Å². The van der Waals surface area contributed by atoms with Crippen LogP contribution >= 0.6 is 0 Å². The Bertz CT molecular complexity index is 1200. The van der Waals surface area contributed by atoms with Gasteiger partial charge < -0.3 is 18.9 Å². The Morgan fingerprint density at radius 1 is 1.05 bits per heavy atom. The van der Waals surface area contributed by atoms with Crippen molar-refractivity contribution in [2.45, 2.75) is 71.3 Å². The minimum atomic E-state index is -2.86. The molecule has 2 aromatic carbocycles. The number of hydrogen-bond acceptors (Lipinski definition) is 6. The van der Waals surface area contributed by atoms with Crippen LogP contribution in [-0.2, 0) is 21.4 Å². The lowest BCUT2D eigenvalue weighted by Gasteiger charge is -2.30. The molecule has 4 rings (SSSR count). The van der Waals surface area contributed by atoms with Gasteiger partial charge in [-0.25, -0.2) is 0 Å². The highest BCUT2D eigenvalue weighted by atomic mass is 19.3. The van der Waals surface area contributed by atoms with Crippen molar-refractivity contribution >= 4 is 11.6 Å². The summed E-state index contributed by atoms with van der Waals surface area (Å²) in [5.74, 6) is 1.51. The first-order valence-corrected chi connectivity index (χ1v) is 13.6. The minimum Gasteiger partial charge on any atom is -0.435 e. The highest BCUT2D eigenvalue weighted by Crippen LogP contribution is 2.29. The van der Waals surface area contributed by atoms with E-state index in [1.165, 1.54) is 12.1 Å². The average molecular weight is 542 g/mol. The number of rotatable bonds is 11. The van der Waals surface area contributed by atoms with Crippen LogP contribution in [-0.4, -0.2) is 42.4 Å². The van der Waals surface area contributed by atoms with Crippen molar-refractivity contribution in [1.29, 1.82) is 0 Å². The van der Waals surface area contributed by atoms with Gasteiger partial charge in [0.05, 0.1) is 0 Å². The van der Waals surface area contributed by atoms with Gasteiger partial charge in [0.15, 0.2) is 5.82 Å². The van der Waals surface area contributed by atoms with Gasteiger partial charge in [0.2, 0.25) is 11.8 Å². The summed E-state index contributed by atoms with van der Waals surface area (Å²) in [7, 11) is 0. The molecule has 0 N–H and O–H groups in total. The Morgan fingerprint density at radius 2 is 1.79 bits per heavy atom. The number of anilines is 1. The molecule has 1 aromatic heterocycles. The molecule has 0 aliphatic carbocycles. The molecule has 210 valence electrons. The molecule has 39 heavy (non-hydrogen) atoms. The Labute approximate surface area is 228 Å². The molecule has 0 atom stereocenters. The van der Waals surface area contributed by atoms with Crippen LogP contribution in [0.2, 0.25) is 0 Å². The molecule has 7 nitrogen and oxygen atoms in total. The summed E-state index contributed by atoms with van der Waals surface area (Å²) in [6, 6.07) is 14.3. The maximum atomic E-state index is 13.6. The monoisotopic (exact) mass is 541 g/mol. The number of aromatic nitrogens is 2. The predicted octanol–water partition coefficient (Wildman–Crippen LogP) is 6.81. The van der Waals surface area contributed by atoms with Crippen molar-refractivity contribution in [3.05, 3.63) is 60.2 Å². The van der Waals surface area contributed by atoms with Gasteiger partial charge in [0.1, 0.15) is 5.75 Å². The van der Waals surface area contributed by atoms with E-state index in [0.717, 1.165) is 42.5 Å². The zero-order valence-corrected chi connectivity index (χ0v) is 22.9. The summed E-state index contributed by atoms with van der Waals surface area (Å²) >= 11 is 0. The summed E-state index contributed by atoms with van der Waals surface area (Å²) in [5, 5.41) is 4.10. The van der Waals surface area contributed by atoms with E-state index in [1.54, 1.807) is 12.1 Å². The van der Waals surface area contributed by atoms with Crippen LogP contribution in [0.3, 0.4) is 0 Å². The van der Waals surface area contributed by atoms with Crippen molar-refractivity contribution in [1.82, 2.24) is 10.1 Å². The molecule has 1 saturated heterocycles. The molecule has 9 heteroatoms. The quantitative estimate of drug-likeness (QED) is 0.248. The molecule has 1 fully saturated rings. The Morgan fingerprint density at radius 3 is 2.46 bits per heavy atom. The molecule has 0 spiro atoms. The van der Waals surface area contributed by atoms with Crippen molar-refractivity contribution in [2.24, 2.45) is 5.92 Å². The normalized spacial score (nSPS) is 14.5. The standard InChI is InChI=1S/C30H37F2N3O4/c1-30(2,3)28-33-26(34-39-28)10-5-4-6-17-35(27(36)22-15-18-37-19-16-22)24-9-7-8-23(20-24)21-11-13-25(14-12-21)38-29(31)32/h7-9,11-14,20,22,29H,4-6,10,15-19H2,1-3H3. The van der Waals surface area contributed by atoms with Gasteiger partial charge in [-0.05, 0) is 61.1 Å². The Hall–Kier alpha value is -3.33. The van der Waals surface area contributed by atoms with Crippen LogP contribution in [0.5, 0.6) is 5.75 Å². The number of alkyl halides is 2. The van der Waals surface area contributed by atoms with Crippen LogP contribution in [0.1, 0.15) is 64.6 Å². The number of nitrogens with zero attached hydrogens (tertiary/aromatic N) is 3. The van der Waals surface area contributed by atoms with E-state index >= 15 is 0 Å². The third kappa shape index (κ3) is 8.08. The maximum Gasteiger partial charge on any atom is 0.387 e. The summed E-state index contributed by atoms with van der Waals surface area (Å²) < 4.78 is 40.4. The van der Waals surface area contributed by atoms with Crippen LogP contribution in [0.15, 0.2) is 53.1 Å². The lowest BCUT2D eigenvalue weighted by molar-refractivity contribution is -0.125. The fourth-order valence-electron chi connectivity index (χ4n) is 4.60. The van der Waals surface area contributed by atoms with E-state index in [9.17, 15) is 13.6 Å². The second-order valence-corrected chi connectivity index (χ2v) is 10.9. The summed E-state index contributed by atoms with van der Waals surface area (Å²) in [6.07, 6.45) is 4.82. The van der Waals surface area contributed by atoms with Crippen molar-refractivity contribution in [2.75, 3.05) is 24.7 Å². The molecule has 2 heterocycles. The smallest absolute Gasteiger partial charge is 0.387 e. The summed E-state index contributed by atoms with van der Waals surface area (Å²) in [4.78, 5) is 20.0. The molecule has 3 aromatic rings. The summed E-state index contributed by atoms with van der Waals surface area (Å²) in [6.45, 7) is 5.05. The fraction of sp³-hybridized carbons (Fsp3) is 0.500. The number of aryl methyl sites for hydroxylation is 1. The number of carbonyl (C=O) groups excluding carboxylic acids is 1. The second-order valence-electron chi connectivity index (χ2n) is 10.9. The first kappa shape index (κ1) is 28.7. The zero-order valence-electron chi connectivity index (χ0n) is 22.9. The molecule has 1 aliphatic rings. The van der Waals surface area contributed by atoms with Gasteiger partial charge in [0, 0.05) is 43.2 Å². The zero-order chi connectivity index (χ0) is 27.8. The van der Waals surface area contributed by atoms with Gasteiger partial charge in [-0.15, -0.1) is 0 Å². The van der Waals surface area contributed by atoms with Crippen LogP contribution in [0, 0.1) is 5.92 Å². The number of halogens is 2. The average Bonchev–Trinajstić information content (AvgIpc) is 3.41. The molecule has 0 bridgehead atoms. The SMILES string of the molecule is CC(C)(C)c1nc(CCCCCN(C(=O)C2CCOCC2)c2cccc(-c3ccc(OC(F)F)cc3)c2)no1. The van der Waals surface area contributed by atoms with E-state index in [4.69, 9.17) is 9.26 Å². The van der Waals surface area contributed by atoms with E-state index in [2.05, 4.69) is 14.9 Å². The van der Waals surface area contributed by atoms with Crippen LogP contribution in [0.25, 0.3) is 11.1 Å². The van der Waals surface area contributed by atoms with E-state index in [-0.39, 0.29) is 23.0 Å². The van der Waals surface area contributed by atoms with E-state index in [0.29, 0.717) is 44.3 Å².